The van der Waals surface area contributed by atoms with Gasteiger partial charge in [-0.1, -0.05) is 24.8 Å². The van der Waals surface area contributed by atoms with Crippen molar-refractivity contribution >= 4 is 5.78 Å². The zero-order valence-electron chi connectivity index (χ0n) is 6.75. The Morgan fingerprint density at radius 1 is 1.64 bits per heavy atom. The van der Waals surface area contributed by atoms with Crippen molar-refractivity contribution < 1.29 is 4.79 Å². The van der Waals surface area contributed by atoms with Crippen LogP contribution >= 0.6 is 0 Å². The normalized spacial score (nSPS) is 24.7. The van der Waals surface area contributed by atoms with E-state index in [1.165, 1.54) is 0 Å². The number of hydrogen-bond acceptors (Lipinski definition) is 1. The van der Waals surface area contributed by atoms with Crippen molar-refractivity contribution in [3.8, 4) is 0 Å². The first kappa shape index (κ1) is 8.25. The van der Waals surface area contributed by atoms with E-state index in [0.29, 0.717) is 11.7 Å². The van der Waals surface area contributed by atoms with Gasteiger partial charge in [-0.2, -0.15) is 0 Å². The van der Waals surface area contributed by atoms with Crippen LogP contribution in [0.1, 0.15) is 25.7 Å². The second kappa shape index (κ2) is 4.12. The van der Waals surface area contributed by atoms with Crippen molar-refractivity contribution in [2.45, 2.75) is 25.7 Å². The number of Topliss-reactive ketones (excluding diaryl/α,β-unsaturated/α-hetero) is 1. The number of ketones is 1. The molecule has 1 heteroatoms. The van der Waals surface area contributed by atoms with Crippen LogP contribution in [0.25, 0.3) is 0 Å². The molecule has 1 aliphatic rings. The number of carbonyl (C=O) groups is 1. The van der Waals surface area contributed by atoms with Crippen molar-refractivity contribution in [2.24, 2.45) is 5.92 Å². The predicted molar refractivity (Wildman–Crippen MR) is 46.3 cm³/mol. The van der Waals surface area contributed by atoms with Gasteiger partial charge in [-0.15, -0.1) is 0 Å². The average molecular weight is 150 g/mol. The lowest BCUT2D eigenvalue weighted by molar-refractivity contribution is -0.120. The molecule has 0 N–H and O–H groups in total. The Bertz CT molecular complexity index is 179. The standard InChI is InChI=1S/C10H14O/c1-2-3-4-6-9-7-5-8-10(9)11/h2-4,9H,1,5-8H2/b4-3+. The molecule has 0 radical (unpaired) electrons. The Balaban J connectivity index is 2.31. The smallest absolute Gasteiger partial charge is 0.136 e. The topological polar surface area (TPSA) is 17.1 Å². The van der Waals surface area contributed by atoms with E-state index in [1.54, 1.807) is 6.08 Å². The number of carbonyl (C=O) groups excluding carboxylic acids is 1. The zero-order chi connectivity index (χ0) is 8.10. The Morgan fingerprint density at radius 2 is 2.45 bits per heavy atom. The SMILES string of the molecule is C=C/C=C/CC1CCCC1=O. The lowest BCUT2D eigenvalue weighted by atomic mass is 10.0. The van der Waals surface area contributed by atoms with E-state index >= 15 is 0 Å². The maximum atomic E-state index is 11.1. The molecular formula is C10H14O. The van der Waals surface area contributed by atoms with Gasteiger partial charge in [0.2, 0.25) is 0 Å². The van der Waals surface area contributed by atoms with Gasteiger partial charge in [-0.05, 0) is 19.3 Å². The van der Waals surface area contributed by atoms with Gasteiger partial charge < -0.3 is 0 Å². The predicted octanol–water partition coefficient (Wildman–Crippen LogP) is 2.49. The first-order chi connectivity index (χ1) is 5.34. The minimum Gasteiger partial charge on any atom is -0.299 e. The highest BCUT2D eigenvalue weighted by molar-refractivity contribution is 5.82. The largest absolute Gasteiger partial charge is 0.299 e. The van der Waals surface area contributed by atoms with Crippen LogP contribution in [0.15, 0.2) is 24.8 Å². The highest BCUT2D eigenvalue weighted by Gasteiger charge is 2.22. The summed E-state index contributed by atoms with van der Waals surface area (Å²) in [5.41, 5.74) is 0. The summed E-state index contributed by atoms with van der Waals surface area (Å²) in [7, 11) is 0. The Morgan fingerprint density at radius 3 is 3.00 bits per heavy atom. The van der Waals surface area contributed by atoms with Crippen LogP contribution in [0.2, 0.25) is 0 Å². The molecule has 11 heavy (non-hydrogen) atoms. The fourth-order valence-corrected chi connectivity index (χ4v) is 1.48. The summed E-state index contributed by atoms with van der Waals surface area (Å²) in [5, 5.41) is 0. The lowest BCUT2D eigenvalue weighted by Gasteiger charge is -2.00. The summed E-state index contributed by atoms with van der Waals surface area (Å²) in [5.74, 6) is 0.755. The summed E-state index contributed by atoms with van der Waals surface area (Å²) in [6.45, 7) is 3.57. The Hall–Kier alpha value is -0.850. The molecule has 1 saturated carbocycles. The van der Waals surface area contributed by atoms with Gasteiger partial charge in [0.25, 0.3) is 0 Å². The quantitative estimate of drug-likeness (QED) is 0.565. The second-order valence-corrected chi connectivity index (χ2v) is 2.96. The molecule has 1 unspecified atom stereocenters. The Kier molecular flexibility index (Phi) is 3.09. The molecule has 0 amide bonds. The molecule has 0 bridgehead atoms. The lowest BCUT2D eigenvalue weighted by Crippen LogP contribution is -2.03. The molecule has 0 spiro atoms. The third kappa shape index (κ3) is 2.34. The van der Waals surface area contributed by atoms with Gasteiger partial charge in [-0.25, -0.2) is 0 Å². The van der Waals surface area contributed by atoms with Crippen molar-refractivity contribution in [2.75, 3.05) is 0 Å². The third-order valence-corrected chi connectivity index (χ3v) is 2.12. The minimum atomic E-state index is 0.311. The van der Waals surface area contributed by atoms with E-state index in [9.17, 15) is 4.79 Å². The molecule has 60 valence electrons. The van der Waals surface area contributed by atoms with E-state index in [1.807, 2.05) is 12.2 Å². The summed E-state index contributed by atoms with van der Waals surface area (Å²) in [6, 6.07) is 0. The molecule has 0 aliphatic heterocycles. The molecule has 1 fully saturated rings. The fraction of sp³-hybridized carbons (Fsp3) is 0.500. The van der Waals surface area contributed by atoms with Crippen molar-refractivity contribution in [1.82, 2.24) is 0 Å². The summed E-state index contributed by atoms with van der Waals surface area (Å²) in [4.78, 5) is 11.1. The van der Waals surface area contributed by atoms with Crippen LogP contribution in [0.3, 0.4) is 0 Å². The van der Waals surface area contributed by atoms with Crippen LogP contribution in [0.4, 0.5) is 0 Å². The van der Waals surface area contributed by atoms with Crippen LogP contribution in [0, 0.1) is 5.92 Å². The molecule has 1 atom stereocenters. The summed E-state index contributed by atoms with van der Waals surface area (Å²) in [6.07, 6.45) is 9.56. The van der Waals surface area contributed by atoms with Crippen LogP contribution in [0.5, 0.6) is 0 Å². The van der Waals surface area contributed by atoms with E-state index in [2.05, 4.69) is 6.58 Å². The van der Waals surface area contributed by atoms with Gasteiger partial charge in [0.05, 0.1) is 0 Å². The molecule has 0 aromatic rings. The maximum Gasteiger partial charge on any atom is 0.136 e. The van der Waals surface area contributed by atoms with Crippen molar-refractivity contribution in [1.29, 1.82) is 0 Å². The van der Waals surface area contributed by atoms with Gasteiger partial charge in [0.15, 0.2) is 0 Å². The first-order valence-corrected chi connectivity index (χ1v) is 4.15. The van der Waals surface area contributed by atoms with Gasteiger partial charge in [0.1, 0.15) is 5.78 Å². The highest BCUT2D eigenvalue weighted by atomic mass is 16.1. The summed E-state index contributed by atoms with van der Waals surface area (Å²) >= 11 is 0. The van der Waals surface area contributed by atoms with Crippen LogP contribution < -0.4 is 0 Å². The van der Waals surface area contributed by atoms with E-state index in [0.717, 1.165) is 25.7 Å². The Labute approximate surface area is 67.8 Å². The molecule has 0 aromatic carbocycles. The van der Waals surface area contributed by atoms with Crippen LogP contribution in [-0.2, 0) is 4.79 Å². The molecule has 0 saturated heterocycles. The monoisotopic (exact) mass is 150 g/mol. The minimum absolute atomic E-state index is 0.311. The molecule has 0 heterocycles. The molecule has 0 aromatic heterocycles. The third-order valence-electron chi connectivity index (χ3n) is 2.12. The first-order valence-electron chi connectivity index (χ1n) is 4.15. The van der Waals surface area contributed by atoms with Gasteiger partial charge in [0, 0.05) is 12.3 Å². The van der Waals surface area contributed by atoms with Gasteiger partial charge in [-0.3, -0.25) is 4.79 Å². The van der Waals surface area contributed by atoms with Crippen LogP contribution in [-0.4, -0.2) is 5.78 Å². The van der Waals surface area contributed by atoms with Crippen molar-refractivity contribution in [3.05, 3.63) is 24.8 Å². The summed E-state index contributed by atoms with van der Waals surface area (Å²) < 4.78 is 0. The maximum absolute atomic E-state index is 11.1. The molecule has 1 rings (SSSR count). The fourth-order valence-electron chi connectivity index (χ4n) is 1.48. The van der Waals surface area contributed by atoms with Crippen molar-refractivity contribution in [3.63, 3.8) is 0 Å². The number of hydrogen-bond donors (Lipinski definition) is 0. The van der Waals surface area contributed by atoms with Gasteiger partial charge >= 0.3 is 0 Å². The van der Waals surface area contributed by atoms with E-state index < -0.39 is 0 Å². The highest BCUT2D eigenvalue weighted by Crippen LogP contribution is 2.24. The molecule has 1 aliphatic carbocycles. The number of allylic oxidation sites excluding steroid dienone is 3. The molecule has 1 nitrogen and oxygen atoms in total. The van der Waals surface area contributed by atoms with E-state index in [4.69, 9.17) is 0 Å². The zero-order valence-corrected chi connectivity index (χ0v) is 6.75. The van der Waals surface area contributed by atoms with E-state index in [-0.39, 0.29) is 0 Å². The number of rotatable bonds is 3. The second-order valence-electron chi connectivity index (χ2n) is 2.96. The average Bonchev–Trinajstić information content (AvgIpc) is 2.37. The molecular weight excluding hydrogens is 136 g/mol.